The lowest BCUT2D eigenvalue weighted by atomic mass is 10.1. The van der Waals surface area contributed by atoms with Gasteiger partial charge in [-0.2, -0.15) is 0 Å². The van der Waals surface area contributed by atoms with Gasteiger partial charge in [-0.3, -0.25) is 9.10 Å². The average molecular weight is 332 g/mol. The van der Waals surface area contributed by atoms with E-state index in [1.54, 1.807) is 30.3 Å². The van der Waals surface area contributed by atoms with Gasteiger partial charge in [0, 0.05) is 5.56 Å². The molecule has 0 heterocycles. The van der Waals surface area contributed by atoms with Gasteiger partial charge in [0.25, 0.3) is 0 Å². The molecule has 2 aromatic carbocycles. The maximum Gasteiger partial charge on any atom is 0.248 e. The zero-order chi connectivity index (χ0) is 17.2. The highest BCUT2D eigenvalue weighted by molar-refractivity contribution is 7.92. The van der Waals surface area contributed by atoms with Crippen LogP contribution >= 0.6 is 0 Å². The van der Waals surface area contributed by atoms with E-state index < -0.39 is 15.9 Å². The van der Waals surface area contributed by atoms with Gasteiger partial charge in [0.2, 0.25) is 15.9 Å². The maximum absolute atomic E-state index is 12.2. The number of sulfonamides is 1. The Labute approximate surface area is 136 Å². The van der Waals surface area contributed by atoms with Crippen molar-refractivity contribution in [1.82, 2.24) is 0 Å². The lowest BCUT2D eigenvalue weighted by Gasteiger charge is -2.23. The van der Waals surface area contributed by atoms with Crippen molar-refractivity contribution in [3.05, 3.63) is 64.7 Å². The van der Waals surface area contributed by atoms with Crippen LogP contribution in [0.25, 0.3) is 0 Å². The molecule has 0 aromatic heterocycles. The second kappa shape index (κ2) is 6.42. The van der Waals surface area contributed by atoms with Crippen LogP contribution in [0.2, 0.25) is 0 Å². The highest BCUT2D eigenvalue weighted by Gasteiger charge is 2.18. The molecule has 0 aliphatic heterocycles. The number of nitrogens with two attached hydrogens (primary N) is 1. The Morgan fingerprint density at radius 3 is 2.13 bits per heavy atom. The van der Waals surface area contributed by atoms with Gasteiger partial charge in [-0.25, -0.2) is 8.42 Å². The van der Waals surface area contributed by atoms with Crippen LogP contribution in [-0.2, 0) is 16.6 Å². The summed E-state index contributed by atoms with van der Waals surface area (Å²) in [5, 5.41) is 0. The molecular formula is C17H20N2O3S. The first-order chi connectivity index (χ1) is 10.7. The topological polar surface area (TPSA) is 80.5 Å². The third kappa shape index (κ3) is 4.10. The van der Waals surface area contributed by atoms with Gasteiger partial charge in [-0.15, -0.1) is 0 Å². The summed E-state index contributed by atoms with van der Waals surface area (Å²) in [5.74, 6) is -0.509. The molecule has 0 saturated carbocycles. The van der Waals surface area contributed by atoms with Crippen molar-refractivity contribution in [2.75, 3.05) is 10.6 Å². The molecule has 0 atom stereocenters. The number of rotatable bonds is 5. The molecule has 0 aliphatic rings. The average Bonchev–Trinajstić information content (AvgIpc) is 2.47. The molecule has 1 amide bonds. The van der Waals surface area contributed by atoms with E-state index >= 15 is 0 Å². The highest BCUT2D eigenvalue weighted by atomic mass is 32.2. The number of amides is 1. The van der Waals surface area contributed by atoms with Gasteiger partial charge in [-0.1, -0.05) is 18.2 Å². The summed E-state index contributed by atoms with van der Waals surface area (Å²) >= 11 is 0. The van der Waals surface area contributed by atoms with Gasteiger partial charge in [-0.05, 0) is 54.8 Å². The predicted octanol–water partition coefficient (Wildman–Crippen LogP) is 2.37. The number of carbonyl (C=O) groups is 1. The number of anilines is 1. The summed E-state index contributed by atoms with van der Waals surface area (Å²) in [6, 6.07) is 12.2. The molecule has 2 rings (SSSR count). The molecule has 0 saturated heterocycles. The number of benzene rings is 2. The Balaban J connectivity index is 2.36. The van der Waals surface area contributed by atoms with Crippen LogP contribution in [-0.4, -0.2) is 20.6 Å². The van der Waals surface area contributed by atoms with E-state index in [2.05, 4.69) is 0 Å². The van der Waals surface area contributed by atoms with Gasteiger partial charge in [0.15, 0.2) is 0 Å². The van der Waals surface area contributed by atoms with Crippen LogP contribution in [0.15, 0.2) is 42.5 Å². The molecule has 0 bridgehead atoms. The molecule has 0 spiro atoms. The number of hydrogen-bond acceptors (Lipinski definition) is 3. The van der Waals surface area contributed by atoms with Gasteiger partial charge in [0.05, 0.1) is 18.5 Å². The quantitative estimate of drug-likeness (QED) is 0.913. The molecule has 23 heavy (non-hydrogen) atoms. The Morgan fingerprint density at radius 2 is 1.65 bits per heavy atom. The summed E-state index contributed by atoms with van der Waals surface area (Å²) in [5.41, 5.74) is 9.13. The zero-order valence-electron chi connectivity index (χ0n) is 13.4. The predicted molar refractivity (Wildman–Crippen MR) is 91.9 cm³/mol. The number of primary amides is 1. The summed E-state index contributed by atoms with van der Waals surface area (Å²) in [6.45, 7) is 4.12. The first-order valence-electron chi connectivity index (χ1n) is 7.12. The van der Waals surface area contributed by atoms with Gasteiger partial charge < -0.3 is 5.73 Å². The zero-order valence-corrected chi connectivity index (χ0v) is 14.2. The summed E-state index contributed by atoms with van der Waals surface area (Å²) < 4.78 is 25.7. The smallest absolute Gasteiger partial charge is 0.248 e. The summed E-state index contributed by atoms with van der Waals surface area (Å²) in [6.07, 6.45) is 1.18. The molecule has 2 aromatic rings. The van der Waals surface area contributed by atoms with E-state index in [0.717, 1.165) is 16.7 Å². The van der Waals surface area contributed by atoms with E-state index in [1.807, 2.05) is 26.0 Å². The summed E-state index contributed by atoms with van der Waals surface area (Å²) in [7, 11) is -3.43. The van der Waals surface area contributed by atoms with E-state index in [4.69, 9.17) is 5.73 Å². The van der Waals surface area contributed by atoms with Crippen LogP contribution in [0.5, 0.6) is 0 Å². The van der Waals surface area contributed by atoms with E-state index in [-0.39, 0.29) is 6.54 Å². The van der Waals surface area contributed by atoms with Crippen molar-refractivity contribution in [2.45, 2.75) is 20.4 Å². The number of nitrogens with zero attached hydrogens (tertiary/aromatic N) is 1. The van der Waals surface area contributed by atoms with E-state index in [0.29, 0.717) is 11.3 Å². The molecule has 5 nitrogen and oxygen atoms in total. The number of carbonyl (C=O) groups excluding carboxylic acids is 1. The SMILES string of the molecule is Cc1ccc(N(Cc2ccc(C(N)=O)cc2)S(C)(=O)=O)cc1C. The second-order valence-electron chi connectivity index (χ2n) is 5.60. The largest absolute Gasteiger partial charge is 0.366 e. The molecule has 0 aliphatic carbocycles. The normalized spacial score (nSPS) is 11.3. The summed E-state index contributed by atoms with van der Waals surface area (Å²) in [4.78, 5) is 11.1. The Bertz CT molecular complexity index is 827. The van der Waals surface area contributed by atoms with Gasteiger partial charge >= 0.3 is 0 Å². The monoisotopic (exact) mass is 332 g/mol. The number of hydrogen-bond donors (Lipinski definition) is 1. The number of aryl methyl sites for hydroxylation is 2. The van der Waals surface area contributed by atoms with E-state index in [1.165, 1.54) is 10.6 Å². The molecular weight excluding hydrogens is 312 g/mol. The highest BCUT2D eigenvalue weighted by Crippen LogP contribution is 2.23. The Hall–Kier alpha value is -2.34. The van der Waals surface area contributed by atoms with Crippen molar-refractivity contribution in [3.8, 4) is 0 Å². The minimum Gasteiger partial charge on any atom is -0.366 e. The fraction of sp³-hybridized carbons (Fsp3) is 0.235. The molecule has 0 fully saturated rings. The van der Waals surface area contributed by atoms with Crippen molar-refractivity contribution < 1.29 is 13.2 Å². The minimum absolute atomic E-state index is 0.195. The standard InChI is InChI=1S/C17H20N2O3S/c1-12-4-9-16(10-13(12)2)19(23(3,21)22)11-14-5-7-15(8-6-14)17(18)20/h4-10H,11H2,1-3H3,(H2,18,20). The van der Waals surface area contributed by atoms with Crippen molar-refractivity contribution in [2.24, 2.45) is 5.73 Å². The third-order valence-electron chi connectivity index (χ3n) is 3.74. The van der Waals surface area contributed by atoms with Crippen LogP contribution in [0.3, 0.4) is 0 Å². The first-order valence-corrected chi connectivity index (χ1v) is 8.97. The Kier molecular flexibility index (Phi) is 4.75. The fourth-order valence-electron chi connectivity index (χ4n) is 2.22. The fourth-order valence-corrected chi connectivity index (χ4v) is 3.10. The van der Waals surface area contributed by atoms with Crippen LogP contribution in [0.1, 0.15) is 27.0 Å². The first kappa shape index (κ1) is 17.0. The molecule has 0 unspecified atom stereocenters. The maximum atomic E-state index is 12.2. The lowest BCUT2D eigenvalue weighted by Crippen LogP contribution is -2.29. The molecule has 6 heteroatoms. The third-order valence-corrected chi connectivity index (χ3v) is 4.88. The van der Waals surface area contributed by atoms with Gasteiger partial charge in [0.1, 0.15) is 0 Å². The van der Waals surface area contributed by atoms with Crippen LogP contribution < -0.4 is 10.0 Å². The Morgan fingerprint density at radius 1 is 1.04 bits per heavy atom. The van der Waals surface area contributed by atoms with E-state index in [9.17, 15) is 13.2 Å². The van der Waals surface area contributed by atoms with Crippen molar-refractivity contribution in [3.63, 3.8) is 0 Å². The second-order valence-corrected chi connectivity index (χ2v) is 7.51. The van der Waals surface area contributed by atoms with Crippen molar-refractivity contribution >= 4 is 21.6 Å². The lowest BCUT2D eigenvalue weighted by molar-refractivity contribution is 0.100. The molecule has 0 radical (unpaired) electrons. The minimum atomic E-state index is -3.43. The molecule has 2 N–H and O–H groups in total. The van der Waals surface area contributed by atoms with Crippen molar-refractivity contribution in [1.29, 1.82) is 0 Å². The molecule has 122 valence electrons. The van der Waals surface area contributed by atoms with Crippen LogP contribution in [0.4, 0.5) is 5.69 Å². The van der Waals surface area contributed by atoms with Crippen LogP contribution in [0, 0.1) is 13.8 Å².